The standard InChI is InChI=1S/C43H82N/c1-5-7-9-11-13-15-17-19-21-23-25-27-29-31-33-35-37-42(43-38-39-44(4)41(3)40-43)36-34-32-30-28-26-24-22-20-18-16-14-12-10-8-6-2/h38-40,42H,5-37H2,1-4H3/q+1. The van der Waals surface area contributed by atoms with Crippen LogP contribution in [0.15, 0.2) is 18.3 Å². The van der Waals surface area contributed by atoms with E-state index in [0.717, 1.165) is 5.92 Å². The first-order valence-electron chi connectivity index (χ1n) is 20.6. The molecule has 1 aromatic rings. The molecule has 1 unspecified atom stereocenters. The van der Waals surface area contributed by atoms with E-state index in [2.05, 4.69) is 50.7 Å². The average Bonchev–Trinajstić information content (AvgIpc) is 3.03. The third-order valence-electron chi connectivity index (χ3n) is 10.5. The molecule has 0 aliphatic heterocycles. The third-order valence-corrected chi connectivity index (χ3v) is 10.5. The number of hydrogen-bond acceptors (Lipinski definition) is 0. The molecule has 0 saturated heterocycles. The first-order valence-corrected chi connectivity index (χ1v) is 20.6. The molecule has 1 aromatic heterocycles. The molecule has 0 aromatic carbocycles. The number of aryl methyl sites for hydroxylation is 2. The summed E-state index contributed by atoms with van der Waals surface area (Å²) in [6, 6.07) is 4.89. The Morgan fingerprint density at radius 1 is 0.432 bits per heavy atom. The van der Waals surface area contributed by atoms with Crippen LogP contribution in [0.25, 0.3) is 0 Å². The quantitative estimate of drug-likeness (QED) is 0.0538. The Kier molecular flexibility index (Phi) is 30.0. The molecule has 0 saturated carbocycles. The summed E-state index contributed by atoms with van der Waals surface area (Å²) in [6.07, 6.45) is 50.2. The lowest BCUT2D eigenvalue weighted by atomic mass is 9.88. The number of pyridine rings is 1. The summed E-state index contributed by atoms with van der Waals surface area (Å²) in [5.74, 6) is 0.767. The first kappa shape index (κ1) is 41.2. The SMILES string of the molecule is CCCCCCCCCCCCCCCCCCC(CCCCCCCCCCCCCCCCC)c1cc[n+](C)c(C)c1. The summed E-state index contributed by atoms with van der Waals surface area (Å²) < 4.78 is 2.27. The molecule has 0 amide bonds. The molecule has 0 fully saturated rings. The van der Waals surface area contributed by atoms with Crippen LogP contribution in [0.3, 0.4) is 0 Å². The molecule has 1 heteroatoms. The topological polar surface area (TPSA) is 3.88 Å². The molecule has 258 valence electrons. The van der Waals surface area contributed by atoms with E-state index in [0.29, 0.717) is 0 Å². The van der Waals surface area contributed by atoms with Crippen LogP contribution in [0.1, 0.15) is 243 Å². The molecule has 1 heterocycles. The zero-order valence-electron chi connectivity index (χ0n) is 31.1. The Balaban J connectivity index is 2.08. The van der Waals surface area contributed by atoms with Gasteiger partial charge in [0.25, 0.3) is 0 Å². The van der Waals surface area contributed by atoms with Gasteiger partial charge >= 0.3 is 0 Å². The molecule has 1 atom stereocenters. The Labute approximate surface area is 279 Å². The van der Waals surface area contributed by atoms with Crippen molar-refractivity contribution in [3.63, 3.8) is 0 Å². The van der Waals surface area contributed by atoms with Crippen molar-refractivity contribution < 1.29 is 4.57 Å². The van der Waals surface area contributed by atoms with Gasteiger partial charge in [-0.1, -0.05) is 213 Å². The van der Waals surface area contributed by atoms with Crippen molar-refractivity contribution in [2.24, 2.45) is 7.05 Å². The highest BCUT2D eigenvalue weighted by Gasteiger charge is 2.14. The van der Waals surface area contributed by atoms with Crippen molar-refractivity contribution in [1.82, 2.24) is 0 Å². The van der Waals surface area contributed by atoms with E-state index in [9.17, 15) is 0 Å². The van der Waals surface area contributed by atoms with E-state index in [1.165, 1.54) is 218 Å². The van der Waals surface area contributed by atoms with Gasteiger partial charge in [0.1, 0.15) is 7.05 Å². The van der Waals surface area contributed by atoms with E-state index in [-0.39, 0.29) is 0 Å². The number of aromatic nitrogens is 1. The van der Waals surface area contributed by atoms with Crippen molar-refractivity contribution in [2.45, 2.75) is 239 Å². The molecule has 0 aliphatic carbocycles. The maximum absolute atomic E-state index is 2.47. The van der Waals surface area contributed by atoms with Crippen LogP contribution in [0.2, 0.25) is 0 Å². The van der Waals surface area contributed by atoms with Crippen LogP contribution >= 0.6 is 0 Å². The summed E-state index contributed by atoms with van der Waals surface area (Å²) in [6.45, 7) is 6.89. The monoisotopic (exact) mass is 613 g/mol. The van der Waals surface area contributed by atoms with Crippen molar-refractivity contribution in [1.29, 1.82) is 0 Å². The predicted octanol–water partition coefficient (Wildman–Crippen LogP) is 14.8. The van der Waals surface area contributed by atoms with Gasteiger partial charge in [-0.05, 0) is 24.3 Å². The van der Waals surface area contributed by atoms with Crippen LogP contribution in [-0.2, 0) is 7.05 Å². The predicted molar refractivity (Wildman–Crippen MR) is 199 cm³/mol. The lowest BCUT2D eigenvalue weighted by molar-refractivity contribution is -0.677. The van der Waals surface area contributed by atoms with Crippen LogP contribution in [0.4, 0.5) is 0 Å². The first-order chi connectivity index (χ1) is 21.7. The fourth-order valence-electron chi connectivity index (χ4n) is 7.14. The van der Waals surface area contributed by atoms with Crippen molar-refractivity contribution in [2.75, 3.05) is 0 Å². The normalized spacial score (nSPS) is 12.3. The zero-order chi connectivity index (χ0) is 31.8. The fraction of sp³-hybridized carbons (Fsp3) is 0.884. The van der Waals surface area contributed by atoms with Crippen molar-refractivity contribution in [3.05, 3.63) is 29.6 Å². The average molecular weight is 613 g/mol. The van der Waals surface area contributed by atoms with Gasteiger partial charge in [-0.2, -0.15) is 0 Å². The Hall–Kier alpha value is -0.850. The van der Waals surface area contributed by atoms with Crippen molar-refractivity contribution in [3.8, 4) is 0 Å². The van der Waals surface area contributed by atoms with Gasteiger partial charge in [0, 0.05) is 19.1 Å². The molecule has 1 nitrogen and oxygen atoms in total. The molecule has 44 heavy (non-hydrogen) atoms. The van der Waals surface area contributed by atoms with E-state index in [4.69, 9.17) is 0 Å². The molecule has 0 radical (unpaired) electrons. The maximum Gasteiger partial charge on any atom is 0.178 e. The number of nitrogens with zero attached hydrogens (tertiary/aromatic N) is 1. The van der Waals surface area contributed by atoms with E-state index >= 15 is 0 Å². The molecular weight excluding hydrogens is 530 g/mol. The maximum atomic E-state index is 2.47. The summed E-state index contributed by atoms with van der Waals surface area (Å²) in [7, 11) is 2.18. The number of unbranched alkanes of at least 4 members (excludes halogenated alkanes) is 29. The molecule has 0 bridgehead atoms. The van der Waals surface area contributed by atoms with E-state index in [1.54, 1.807) is 5.56 Å². The van der Waals surface area contributed by atoms with Gasteiger partial charge in [0.15, 0.2) is 11.9 Å². The molecular formula is C43H82N+. The van der Waals surface area contributed by atoms with Gasteiger partial charge in [0.2, 0.25) is 0 Å². The molecule has 0 N–H and O–H groups in total. The second kappa shape index (κ2) is 32.1. The second-order valence-electron chi connectivity index (χ2n) is 14.7. The summed E-state index contributed by atoms with van der Waals surface area (Å²) in [4.78, 5) is 0. The lowest BCUT2D eigenvalue weighted by Crippen LogP contribution is -2.31. The summed E-state index contributed by atoms with van der Waals surface area (Å²) in [5.41, 5.74) is 3.00. The number of rotatable bonds is 34. The highest BCUT2D eigenvalue weighted by molar-refractivity contribution is 5.17. The lowest BCUT2D eigenvalue weighted by Gasteiger charge is -2.17. The zero-order valence-corrected chi connectivity index (χ0v) is 31.1. The highest BCUT2D eigenvalue weighted by Crippen LogP contribution is 2.29. The van der Waals surface area contributed by atoms with Crippen LogP contribution < -0.4 is 4.57 Å². The van der Waals surface area contributed by atoms with Gasteiger partial charge in [0.05, 0.1) is 0 Å². The molecule has 0 aliphatic rings. The highest BCUT2D eigenvalue weighted by atomic mass is 14.9. The van der Waals surface area contributed by atoms with Crippen LogP contribution in [-0.4, -0.2) is 0 Å². The number of hydrogen-bond donors (Lipinski definition) is 0. The van der Waals surface area contributed by atoms with Crippen molar-refractivity contribution >= 4 is 0 Å². The minimum atomic E-state index is 0.767. The van der Waals surface area contributed by atoms with Gasteiger partial charge in [-0.15, -0.1) is 0 Å². The van der Waals surface area contributed by atoms with Crippen LogP contribution in [0, 0.1) is 6.92 Å². The molecule has 0 spiro atoms. The third kappa shape index (κ3) is 25.4. The largest absolute Gasteiger partial charge is 0.205 e. The summed E-state index contributed by atoms with van der Waals surface area (Å²) >= 11 is 0. The summed E-state index contributed by atoms with van der Waals surface area (Å²) in [5, 5.41) is 0. The minimum Gasteiger partial charge on any atom is -0.205 e. The fourth-order valence-corrected chi connectivity index (χ4v) is 7.14. The van der Waals surface area contributed by atoms with Gasteiger partial charge in [-0.3, -0.25) is 0 Å². The smallest absolute Gasteiger partial charge is 0.178 e. The van der Waals surface area contributed by atoms with Gasteiger partial charge < -0.3 is 0 Å². The van der Waals surface area contributed by atoms with Gasteiger partial charge in [-0.25, -0.2) is 4.57 Å². The van der Waals surface area contributed by atoms with E-state index in [1.807, 2.05) is 0 Å². The Bertz CT molecular complexity index is 709. The molecule has 1 rings (SSSR count). The van der Waals surface area contributed by atoms with E-state index < -0.39 is 0 Å². The Morgan fingerprint density at radius 2 is 0.705 bits per heavy atom. The van der Waals surface area contributed by atoms with Crippen LogP contribution in [0.5, 0.6) is 0 Å². The minimum absolute atomic E-state index is 0.767. The Morgan fingerprint density at radius 3 is 0.977 bits per heavy atom. The second-order valence-corrected chi connectivity index (χ2v) is 14.7.